The van der Waals surface area contributed by atoms with Crippen molar-refractivity contribution < 1.29 is 0 Å². The summed E-state index contributed by atoms with van der Waals surface area (Å²) in [7, 11) is 2.02. The molecule has 3 rings (SSSR count). The van der Waals surface area contributed by atoms with Gasteiger partial charge in [0, 0.05) is 16.7 Å². The molecule has 6 nitrogen and oxygen atoms in total. The standard InChI is InChI=1S/C19H21BrN6/c1-13-5-3-4-6-16(13)22-19-24-17(23-18(21)25-19)12-26(2)11-14-7-9-15(20)10-8-14/h3-10H,11-12H2,1-2H3,(H3,21,22,23,24,25). The van der Waals surface area contributed by atoms with Crippen LogP contribution in [0.4, 0.5) is 17.6 Å². The van der Waals surface area contributed by atoms with Crippen LogP contribution in [0.3, 0.4) is 0 Å². The molecule has 1 heterocycles. The molecule has 0 fully saturated rings. The molecule has 3 N–H and O–H groups in total. The minimum Gasteiger partial charge on any atom is -0.368 e. The van der Waals surface area contributed by atoms with Gasteiger partial charge in [-0.25, -0.2) is 0 Å². The Balaban J connectivity index is 1.70. The number of nitrogen functional groups attached to an aromatic ring is 1. The maximum Gasteiger partial charge on any atom is 0.232 e. The van der Waals surface area contributed by atoms with Crippen LogP contribution in [0.15, 0.2) is 53.0 Å². The fourth-order valence-electron chi connectivity index (χ4n) is 2.60. The quantitative estimate of drug-likeness (QED) is 0.638. The number of para-hydroxylation sites is 1. The average Bonchev–Trinajstić information content (AvgIpc) is 2.58. The average molecular weight is 413 g/mol. The maximum absolute atomic E-state index is 5.87. The van der Waals surface area contributed by atoms with Crippen molar-refractivity contribution in [2.75, 3.05) is 18.1 Å². The zero-order chi connectivity index (χ0) is 18.5. The lowest BCUT2D eigenvalue weighted by Crippen LogP contribution is -2.20. The number of halogens is 1. The molecule has 0 spiro atoms. The summed E-state index contributed by atoms with van der Waals surface area (Å²) in [5.41, 5.74) is 9.15. The number of nitrogens with one attached hydrogen (secondary N) is 1. The molecule has 7 heteroatoms. The fraction of sp³-hybridized carbons (Fsp3) is 0.211. The number of hydrogen-bond donors (Lipinski definition) is 2. The Bertz CT molecular complexity index is 881. The number of aromatic nitrogens is 3. The summed E-state index contributed by atoms with van der Waals surface area (Å²) < 4.78 is 1.07. The van der Waals surface area contributed by atoms with Crippen LogP contribution in [0.1, 0.15) is 17.0 Å². The van der Waals surface area contributed by atoms with Gasteiger partial charge in [-0.05, 0) is 43.3 Å². The molecule has 0 unspecified atom stereocenters. The van der Waals surface area contributed by atoms with E-state index in [9.17, 15) is 0 Å². The van der Waals surface area contributed by atoms with Crippen molar-refractivity contribution >= 4 is 33.5 Å². The third kappa shape index (κ3) is 5.00. The molecule has 3 aromatic rings. The predicted octanol–water partition coefficient (Wildman–Crippen LogP) is 3.90. The number of benzene rings is 2. The van der Waals surface area contributed by atoms with Crippen molar-refractivity contribution in [1.82, 2.24) is 19.9 Å². The molecular formula is C19H21BrN6. The highest BCUT2D eigenvalue weighted by atomic mass is 79.9. The third-order valence-electron chi connectivity index (χ3n) is 3.87. The summed E-state index contributed by atoms with van der Waals surface area (Å²) in [5, 5.41) is 3.22. The van der Waals surface area contributed by atoms with Gasteiger partial charge in [-0.1, -0.05) is 46.3 Å². The van der Waals surface area contributed by atoms with E-state index < -0.39 is 0 Å². The normalized spacial score (nSPS) is 10.9. The first-order valence-corrected chi connectivity index (χ1v) is 9.05. The number of rotatable bonds is 6. The number of nitrogens with zero attached hydrogens (tertiary/aromatic N) is 4. The minimum atomic E-state index is 0.211. The Labute approximate surface area is 161 Å². The SMILES string of the molecule is Cc1ccccc1Nc1nc(N)nc(CN(C)Cc2ccc(Br)cc2)n1. The van der Waals surface area contributed by atoms with Crippen LogP contribution in [-0.4, -0.2) is 26.9 Å². The molecule has 0 aliphatic carbocycles. The zero-order valence-corrected chi connectivity index (χ0v) is 16.4. The lowest BCUT2D eigenvalue weighted by atomic mass is 10.2. The van der Waals surface area contributed by atoms with Crippen molar-refractivity contribution in [2.45, 2.75) is 20.0 Å². The highest BCUT2D eigenvalue weighted by Gasteiger charge is 2.09. The van der Waals surface area contributed by atoms with E-state index in [1.807, 2.05) is 50.4 Å². The van der Waals surface area contributed by atoms with E-state index in [1.165, 1.54) is 5.56 Å². The van der Waals surface area contributed by atoms with E-state index in [1.54, 1.807) is 0 Å². The minimum absolute atomic E-state index is 0.211. The fourth-order valence-corrected chi connectivity index (χ4v) is 2.86. The topological polar surface area (TPSA) is 80.0 Å². The van der Waals surface area contributed by atoms with Gasteiger partial charge >= 0.3 is 0 Å². The van der Waals surface area contributed by atoms with Gasteiger partial charge in [-0.15, -0.1) is 0 Å². The van der Waals surface area contributed by atoms with Crippen LogP contribution in [0.25, 0.3) is 0 Å². The number of nitrogens with two attached hydrogens (primary N) is 1. The Kier molecular flexibility index (Phi) is 5.80. The van der Waals surface area contributed by atoms with E-state index in [4.69, 9.17) is 5.73 Å². The molecule has 0 amide bonds. The molecule has 0 radical (unpaired) electrons. The first kappa shape index (κ1) is 18.3. The number of aryl methyl sites for hydroxylation is 1. The second kappa shape index (κ2) is 8.25. The van der Waals surface area contributed by atoms with Crippen LogP contribution in [-0.2, 0) is 13.1 Å². The largest absolute Gasteiger partial charge is 0.368 e. The van der Waals surface area contributed by atoms with Gasteiger partial charge in [0.15, 0.2) is 0 Å². The molecule has 2 aromatic carbocycles. The van der Waals surface area contributed by atoms with Crippen LogP contribution >= 0.6 is 15.9 Å². The summed E-state index contributed by atoms with van der Waals surface area (Å²) in [6, 6.07) is 16.2. The Morgan fingerprint density at radius 1 is 1.00 bits per heavy atom. The first-order valence-electron chi connectivity index (χ1n) is 8.25. The zero-order valence-electron chi connectivity index (χ0n) is 14.8. The monoisotopic (exact) mass is 412 g/mol. The van der Waals surface area contributed by atoms with Gasteiger partial charge in [-0.3, -0.25) is 4.90 Å². The number of hydrogen-bond acceptors (Lipinski definition) is 6. The summed E-state index contributed by atoms with van der Waals surface area (Å²) in [5.74, 6) is 1.30. The summed E-state index contributed by atoms with van der Waals surface area (Å²) in [4.78, 5) is 15.1. The molecular weight excluding hydrogens is 392 g/mol. The third-order valence-corrected chi connectivity index (χ3v) is 4.40. The molecule has 0 aliphatic heterocycles. The van der Waals surface area contributed by atoms with Gasteiger partial charge in [0.2, 0.25) is 11.9 Å². The van der Waals surface area contributed by atoms with Crippen molar-refractivity contribution in [3.05, 3.63) is 70.0 Å². The van der Waals surface area contributed by atoms with Crippen LogP contribution in [0.2, 0.25) is 0 Å². The number of anilines is 3. The van der Waals surface area contributed by atoms with Crippen molar-refractivity contribution in [3.8, 4) is 0 Å². The van der Waals surface area contributed by atoms with Gasteiger partial charge in [-0.2, -0.15) is 15.0 Å². The molecule has 0 saturated carbocycles. The second-order valence-electron chi connectivity index (χ2n) is 6.17. The van der Waals surface area contributed by atoms with Gasteiger partial charge in [0.25, 0.3) is 0 Å². The molecule has 0 aliphatic rings. The molecule has 26 heavy (non-hydrogen) atoms. The first-order chi connectivity index (χ1) is 12.5. The van der Waals surface area contributed by atoms with E-state index in [0.29, 0.717) is 18.3 Å². The van der Waals surface area contributed by atoms with Gasteiger partial charge in [0.1, 0.15) is 5.82 Å². The van der Waals surface area contributed by atoms with Crippen LogP contribution in [0.5, 0.6) is 0 Å². The molecule has 0 atom stereocenters. The molecule has 0 saturated heterocycles. The van der Waals surface area contributed by atoms with Crippen molar-refractivity contribution in [3.63, 3.8) is 0 Å². The molecule has 134 valence electrons. The summed E-state index contributed by atoms with van der Waals surface area (Å²) >= 11 is 3.45. The Morgan fingerprint density at radius 3 is 2.46 bits per heavy atom. The Hall–Kier alpha value is -2.51. The highest BCUT2D eigenvalue weighted by Crippen LogP contribution is 2.18. The Morgan fingerprint density at radius 2 is 1.73 bits per heavy atom. The van der Waals surface area contributed by atoms with E-state index >= 15 is 0 Å². The van der Waals surface area contributed by atoms with E-state index in [0.717, 1.165) is 22.3 Å². The highest BCUT2D eigenvalue weighted by molar-refractivity contribution is 9.10. The van der Waals surface area contributed by atoms with Crippen LogP contribution in [0, 0.1) is 6.92 Å². The summed E-state index contributed by atoms with van der Waals surface area (Å²) in [6.45, 7) is 3.39. The van der Waals surface area contributed by atoms with Crippen molar-refractivity contribution in [1.29, 1.82) is 0 Å². The lowest BCUT2D eigenvalue weighted by Gasteiger charge is -2.16. The lowest BCUT2D eigenvalue weighted by molar-refractivity contribution is 0.310. The maximum atomic E-state index is 5.87. The van der Waals surface area contributed by atoms with Crippen LogP contribution < -0.4 is 11.1 Å². The van der Waals surface area contributed by atoms with Crippen molar-refractivity contribution in [2.24, 2.45) is 0 Å². The van der Waals surface area contributed by atoms with E-state index in [-0.39, 0.29) is 5.95 Å². The predicted molar refractivity (Wildman–Crippen MR) is 108 cm³/mol. The van der Waals surface area contributed by atoms with Gasteiger partial charge in [0.05, 0.1) is 6.54 Å². The van der Waals surface area contributed by atoms with Gasteiger partial charge < -0.3 is 11.1 Å². The second-order valence-corrected chi connectivity index (χ2v) is 7.09. The smallest absolute Gasteiger partial charge is 0.232 e. The molecule has 1 aromatic heterocycles. The summed E-state index contributed by atoms with van der Waals surface area (Å²) in [6.07, 6.45) is 0. The van der Waals surface area contributed by atoms with E-state index in [2.05, 4.69) is 53.2 Å². The molecule has 0 bridgehead atoms.